The zero-order valence-corrected chi connectivity index (χ0v) is 15.3. The number of hydrogen-bond donors (Lipinski definition) is 2. The van der Waals surface area contributed by atoms with Crippen LogP contribution in [-0.2, 0) is 6.18 Å². The van der Waals surface area contributed by atoms with Crippen molar-refractivity contribution in [1.82, 2.24) is 10.3 Å². The van der Waals surface area contributed by atoms with Crippen LogP contribution in [0.1, 0.15) is 16.1 Å². The van der Waals surface area contributed by atoms with Gasteiger partial charge in [0, 0.05) is 11.1 Å². The third-order valence-electron chi connectivity index (χ3n) is 3.60. The van der Waals surface area contributed by atoms with Crippen LogP contribution in [0.4, 0.5) is 24.0 Å². The predicted octanol–water partition coefficient (Wildman–Crippen LogP) is 4.71. The van der Waals surface area contributed by atoms with Crippen LogP contribution in [0, 0.1) is 0 Å². The Bertz CT molecular complexity index is 912. The Labute approximate surface area is 163 Å². The molecule has 3 aromatic rings. The van der Waals surface area contributed by atoms with Gasteiger partial charge < -0.3 is 15.4 Å². The summed E-state index contributed by atoms with van der Waals surface area (Å²) in [6, 6.07) is 13.8. The molecule has 0 saturated heterocycles. The summed E-state index contributed by atoms with van der Waals surface area (Å²) in [4.78, 5) is 16.2. The van der Waals surface area contributed by atoms with E-state index >= 15 is 0 Å². The lowest BCUT2D eigenvalue weighted by atomic mass is 10.2. The molecule has 0 aliphatic rings. The Hall–Kier alpha value is -3.07. The van der Waals surface area contributed by atoms with Crippen molar-refractivity contribution in [2.75, 3.05) is 18.5 Å². The second-order valence-electron chi connectivity index (χ2n) is 5.66. The first-order valence-electron chi connectivity index (χ1n) is 8.28. The van der Waals surface area contributed by atoms with Crippen LogP contribution in [0.25, 0.3) is 0 Å². The monoisotopic (exact) mass is 407 g/mol. The molecule has 1 aromatic heterocycles. The Balaban J connectivity index is 1.48. The zero-order valence-electron chi connectivity index (χ0n) is 14.5. The largest absolute Gasteiger partial charge is 0.492 e. The van der Waals surface area contributed by atoms with Crippen LogP contribution in [0.3, 0.4) is 0 Å². The molecule has 3 rings (SSSR count). The van der Waals surface area contributed by atoms with E-state index in [-0.39, 0.29) is 11.6 Å². The van der Waals surface area contributed by atoms with E-state index < -0.39 is 11.7 Å². The first-order chi connectivity index (χ1) is 13.4. The highest BCUT2D eigenvalue weighted by atomic mass is 32.1. The maximum atomic E-state index is 12.6. The summed E-state index contributed by atoms with van der Waals surface area (Å²) < 4.78 is 43.2. The summed E-state index contributed by atoms with van der Waals surface area (Å²) in [5, 5.41) is 7.56. The maximum Gasteiger partial charge on any atom is 0.416 e. The summed E-state index contributed by atoms with van der Waals surface area (Å²) in [6.45, 7) is 0.628. The highest BCUT2D eigenvalue weighted by molar-refractivity contribution is 7.14. The minimum atomic E-state index is -4.38. The molecule has 2 aromatic carbocycles. The van der Waals surface area contributed by atoms with Crippen molar-refractivity contribution in [3.05, 3.63) is 71.2 Å². The van der Waals surface area contributed by atoms with Crippen LogP contribution in [0.5, 0.6) is 5.75 Å². The topological polar surface area (TPSA) is 63.2 Å². The van der Waals surface area contributed by atoms with Crippen molar-refractivity contribution in [3.63, 3.8) is 0 Å². The molecule has 1 amide bonds. The second-order valence-corrected chi connectivity index (χ2v) is 6.51. The van der Waals surface area contributed by atoms with Crippen molar-refractivity contribution < 1.29 is 22.7 Å². The van der Waals surface area contributed by atoms with Crippen molar-refractivity contribution in [1.29, 1.82) is 0 Å². The van der Waals surface area contributed by atoms with E-state index in [4.69, 9.17) is 4.74 Å². The normalized spacial score (nSPS) is 11.1. The third kappa shape index (κ3) is 5.46. The fourth-order valence-corrected chi connectivity index (χ4v) is 2.95. The Morgan fingerprint density at radius 2 is 1.79 bits per heavy atom. The van der Waals surface area contributed by atoms with Crippen LogP contribution in [0.2, 0.25) is 0 Å². The number of carbonyl (C=O) groups is 1. The van der Waals surface area contributed by atoms with Crippen LogP contribution in [0.15, 0.2) is 60.0 Å². The van der Waals surface area contributed by atoms with Gasteiger partial charge in [-0.05, 0) is 36.4 Å². The fraction of sp³-hybridized carbons (Fsp3) is 0.158. The van der Waals surface area contributed by atoms with Crippen molar-refractivity contribution in [2.45, 2.75) is 6.18 Å². The highest BCUT2D eigenvalue weighted by Gasteiger charge is 2.29. The molecular weight excluding hydrogens is 391 g/mol. The van der Waals surface area contributed by atoms with Gasteiger partial charge in [0.2, 0.25) is 0 Å². The molecular formula is C19H16F3N3O2S. The fourth-order valence-electron chi connectivity index (χ4n) is 2.24. The van der Waals surface area contributed by atoms with E-state index in [1.54, 1.807) is 5.38 Å². The minimum Gasteiger partial charge on any atom is -0.492 e. The first kappa shape index (κ1) is 19.7. The number of nitrogens with zero attached hydrogens (tertiary/aromatic N) is 1. The lowest BCUT2D eigenvalue weighted by Gasteiger charge is -2.08. The SMILES string of the molecule is O=C(NCCOc1ccccc1)c1csc(Nc2ccc(C(F)(F)F)cc2)n1. The molecule has 0 aliphatic heterocycles. The highest BCUT2D eigenvalue weighted by Crippen LogP contribution is 2.30. The molecule has 0 bridgehead atoms. The average Bonchev–Trinajstić information content (AvgIpc) is 3.14. The molecule has 2 N–H and O–H groups in total. The molecule has 0 saturated carbocycles. The number of anilines is 2. The number of nitrogens with one attached hydrogen (secondary N) is 2. The molecule has 9 heteroatoms. The van der Waals surface area contributed by atoms with E-state index in [2.05, 4.69) is 15.6 Å². The van der Waals surface area contributed by atoms with E-state index in [9.17, 15) is 18.0 Å². The summed E-state index contributed by atoms with van der Waals surface area (Å²) in [5.74, 6) is 0.363. The van der Waals surface area contributed by atoms with Gasteiger partial charge in [0.05, 0.1) is 12.1 Å². The number of ether oxygens (including phenoxy) is 1. The van der Waals surface area contributed by atoms with E-state index in [0.717, 1.165) is 12.1 Å². The number of para-hydroxylation sites is 1. The third-order valence-corrected chi connectivity index (χ3v) is 4.36. The number of aromatic nitrogens is 1. The molecule has 146 valence electrons. The summed E-state index contributed by atoms with van der Waals surface area (Å²) in [6.07, 6.45) is -4.38. The van der Waals surface area contributed by atoms with Crippen LogP contribution in [-0.4, -0.2) is 24.0 Å². The smallest absolute Gasteiger partial charge is 0.416 e. The van der Waals surface area contributed by atoms with Crippen LogP contribution < -0.4 is 15.4 Å². The van der Waals surface area contributed by atoms with E-state index in [1.165, 1.54) is 23.5 Å². The Morgan fingerprint density at radius 3 is 2.46 bits per heavy atom. The number of alkyl halides is 3. The van der Waals surface area contributed by atoms with Gasteiger partial charge in [-0.15, -0.1) is 11.3 Å². The van der Waals surface area contributed by atoms with E-state index in [1.807, 2.05) is 30.3 Å². The van der Waals surface area contributed by atoms with Gasteiger partial charge >= 0.3 is 6.18 Å². The molecule has 0 radical (unpaired) electrons. The number of halogens is 3. The minimum absolute atomic E-state index is 0.221. The molecule has 5 nitrogen and oxygen atoms in total. The number of thiazole rings is 1. The van der Waals surface area contributed by atoms with Gasteiger partial charge in [-0.3, -0.25) is 4.79 Å². The zero-order chi connectivity index (χ0) is 20.0. The molecule has 0 atom stereocenters. The molecule has 0 aliphatic carbocycles. The van der Waals surface area contributed by atoms with Gasteiger partial charge in [0.1, 0.15) is 18.1 Å². The lowest BCUT2D eigenvalue weighted by molar-refractivity contribution is -0.137. The Kier molecular flexibility index (Phi) is 6.15. The summed E-state index contributed by atoms with van der Waals surface area (Å²) in [5.41, 5.74) is -0.0559. The van der Waals surface area contributed by atoms with Gasteiger partial charge in [-0.25, -0.2) is 4.98 Å². The number of benzene rings is 2. The quantitative estimate of drug-likeness (QED) is 0.557. The van der Waals surface area contributed by atoms with E-state index in [0.29, 0.717) is 29.7 Å². The molecule has 1 heterocycles. The molecule has 28 heavy (non-hydrogen) atoms. The van der Waals surface area contributed by atoms with Crippen molar-refractivity contribution in [3.8, 4) is 5.75 Å². The lowest BCUT2D eigenvalue weighted by Crippen LogP contribution is -2.28. The summed E-state index contributed by atoms with van der Waals surface area (Å²) in [7, 11) is 0. The van der Waals surface area contributed by atoms with Crippen molar-refractivity contribution >= 4 is 28.1 Å². The predicted molar refractivity (Wildman–Crippen MR) is 101 cm³/mol. The molecule has 0 spiro atoms. The molecule has 0 fully saturated rings. The summed E-state index contributed by atoms with van der Waals surface area (Å²) >= 11 is 1.18. The molecule has 0 unspecified atom stereocenters. The van der Waals surface area contributed by atoms with Gasteiger partial charge in [-0.2, -0.15) is 13.2 Å². The number of amides is 1. The Morgan fingerprint density at radius 1 is 1.07 bits per heavy atom. The number of rotatable bonds is 7. The standard InChI is InChI=1S/C19H16F3N3O2S/c20-19(21,22)13-6-8-14(9-7-13)24-18-25-16(12-28-18)17(26)23-10-11-27-15-4-2-1-3-5-15/h1-9,12H,10-11H2,(H,23,26)(H,24,25). The van der Waals surface area contributed by atoms with Gasteiger partial charge in [-0.1, -0.05) is 18.2 Å². The van der Waals surface area contributed by atoms with Crippen LogP contribution >= 0.6 is 11.3 Å². The first-order valence-corrected chi connectivity index (χ1v) is 9.15. The van der Waals surface area contributed by atoms with Gasteiger partial charge in [0.25, 0.3) is 5.91 Å². The second kappa shape index (κ2) is 8.75. The number of carbonyl (C=O) groups excluding carboxylic acids is 1. The average molecular weight is 407 g/mol. The van der Waals surface area contributed by atoms with Gasteiger partial charge in [0.15, 0.2) is 5.13 Å². The van der Waals surface area contributed by atoms with Crippen molar-refractivity contribution in [2.24, 2.45) is 0 Å². The number of hydrogen-bond acceptors (Lipinski definition) is 5. The maximum absolute atomic E-state index is 12.6.